The molecule has 4 aliphatic carbocycles. The summed E-state index contributed by atoms with van der Waals surface area (Å²) in [5.41, 5.74) is -8.98. The van der Waals surface area contributed by atoms with Gasteiger partial charge in [-0.25, -0.2) is 22.8 Å². The molecule has 2 N–H and O–H groups in total. The van der Waals surface area contributed by atoms with Crippen molar-refractivity contribution >= 4 is 34.6 Å². The van der Waals surface area contributed by atoms with Crippen LogP contribution in [0, 0.1) is 28.6 Å². The summed E-state index contributed by atoms with van der Waals surface area (Å²) in [6, 6.07) is -1.09. The first-order valence-corrected chi connectivity index (χ1v) is 13.3. The number of thioether (sulfide) groups is 1. The standard InChI is InChI=1S/C26H27F3O8S/c1-11-6-12-13-7-15(28)14-8-16(30)20-21(37-19(33)5-4-18(32)36-20)24(14,3)25(13,29)17(31)9-23(12,2)26(11,35)22(34)38-10-27/h4-5,8,11-13,15,17,31,35H,6-7,9-10H2,1-3H3/b5-4-/t11-,12+,13?,15+,17+,23+,24+,25+,26+/m1/s1. The Balaban J connectivity index is 1.70. The summed E-state index contributed by atoms with van der Waals surface area (Å²) in [6.07, 6.45) is -2.52. The van der Waals surface area contributed by atoms with Crippen LogP contribution < -0.4 is 0 Å². The van der Waals surface area contributed by atoms with Gasteiger partial charge in [-0.15, -0.1) is 0 Å². The van der Waals surface area contributed by atoms with E-state index >= 15 is 8.78 Å². The smallest absolute Gasteiger partial charge is 0.336 e. The molecule has 9 atom stereocenters. The Morgan fingerprint density at radius 1 is 1.13 bits per heavy atom. The van der Waals surface area contributed by atoms with Crippen LogP contribution in [0.1, 0.15) is 40.0 Å². The number of fused-ring (bicyclic) bond motifs is 6. The molecule has 0 bridgehead atoms. The van der Waals surface area contributed by atoms with Gasteiger partial charge in [0.2, 0.25) is 16.7 Å². The van der Waals surface area contributed by atoms with Crippen molar-refractivity contribution < 1.29 is 52.0 Å². The largest absolute Gasteiger partial charge is 0.423 e. The molecule has 0 amide bonds. The van der Waals surface area contributed by atoms with Gasteiger partial charge in [-0.05, 0) is 49.7 Å². The van der Waals surface area contributed by atoms with Gasteiger partial charge in [0.25, 0.3) is 0 Å². The number of carbonyl (C=O) groups excluding carboxylic acids is 4. The molecular formula is C26H27F3O8S. The van der Waals surface area contributed by atoms with Gasteiger partial charge in [0.15, 0.2) is 11.4 Å². The number of carbonyl (C=O) groups is 4. The van der Waals surface area contributed by atoms with Crippen molar-refractivity contribution in [2.75, 3.05) is 6.01 Å². The lowest BCUT2D eigenvalue weighted by atomic mass is 9.44. The zero-order valence-electron chi connectivity index (χ0n) is 20.8. The minimum Gasteiger partial charge on any atom is -0.423 e. The molecule has 0 saturated heterocycles. The number of allylic oxidation sites excluding steroid dienone is 2. The molecule has 1 heterocycles. The van der Waals surface area contributed by atoms with E-state index in [2.05, 4.69) is 0 Å². The summed E-state index contributed by atoms with van der Waals surface area (Å²) in [5.74, 6) is -7.68. The fourth-order valence-electron chi connectivity index (χ4n) is 7.92. The second-order valence-electron chi connectivity index (χ2n) is 11.2. The lowest BCUT2D eigenvalue weighted by molar-refractivity contribution is -0.229. The van der Waals surface area contributed by atoms with E-state index in [-0.39, 0.29) is 23.8 Å². The third-order valence-electron chi connectivity index (χ3n) is 9.71. The number of rotatable bonds is 2. The molecule has 5 rings (SSSR count). The van der Waals surface area contributed by atoms with Crippen molar-refractivity contribution in [2.45, 2.75) is 63.6 Å². The molecule has 1 unspecified atom stereocenters. The Morgan fingerprint density at radius 3 is 2.39 bits per heavy atom. The molecule has 3 fully saturated rings. The molecule has 12 heteroatoms. The molecule has 38 heavy (non-hydrogen) atoms. The lowest BCUT2D eigenvalue weighted by Crippen LogP contribution is -2.71. The monoisotopic (exact) mass is 556 g/mol. The van der Waals surface area contributed by atoms with Crippen LogP contribution in [0.2, 0.25) is 0 Å². The number of hydrogen-bond donors (Lipinski definition) is 2. The summed E-state index contributed by atoms with van der Waals surface area (Å²) in [6.45, 7) is 4.27. The van der Waals surface area contributed by atoms with Crippen molar-refractivity contribution in [2.24, 2.45) is 28.6 Å². The summed E-state index contributed by atoms with van der Waals surface area (Å²) >= 11 is 0.281. The van der Waals surface area contributed by atoms with Crippen LogP contribution in [-0.4, -0.2) is 62.6 Å². The summed E-state index contributed by atoms with van der Waals surface area (Å²) in [5, 5.41) is 22.3. The van der Waals surface area contributed by atoms with E-state index in [1.807, 2.05) is 0 Å². The number of aliphatic hydroxyl groups is 2. The summed E-state index contributed by atoms with van der Waals surface area (Å²) < 4.78 is 57.2. The van der Waals surface area contributed by atoms with Gasteiger partial charge < -0.3 is 19.7 Å². The third-order valence-corrected chi connectivity index (χ3v) is 10.4. The fraction of sp³-hybridized carbons (Fsp3) is 0.615. The van der Waals surface area contributed by atoms with Crippen molar-refractivity contribution in [1.29, 1.82) is 0 Å². The minimum atomic E-state index is -2.77. The quantitative estimate of drug-likeness (QED) is 0.494. The zero-order chi connectivity index (χ0) is 28.0. The molecule has 0 radical (unpaired) electrons. The van der Waals surface area contributed by atoms with Gasteiger partial charge in [-0.1, -0.05) is 25.6 Å². The maximum Gasteiger partial charge on any atom is 0.336 e. The topological polar surface area (TPSA) is 127 Å². The van der Waals surface area contributed by atoms with Gasteiger partial charge in [0, 0.05) is 23.5 Å². The SMILES string of the molecule is C[C@@H]1C[C@H]2C3C[C@H](F)C4=CC(=O)C5=C(OC(=O)/C=C\C(=O)O5)[C@@]4(C)[C@@]3(F)[C@@H](O)C[C@]2(C)[C@@]1(O)C(=O)SCF. The van der Waals surface area contributed by atoms with Crippen molar-refractivity contribution in [1.82, 2.24) is 0 Å². The van der Waals surface area contributed by atoms with Gasteiger partial charge in [0.05, 0.1) is 11.5 Å². The summed E-state index contributed by atoms with van der Waals surface area (Å²) in [7, 11) is 0. The second-order valence-corrected chi connectivity index (χ2v) is 12.1. The van der Waals surface area contributed by atoms with Crippen LogP contribution in [0.3, 0.4) is 0 Å². The van der Waals surface area contributed by atoms with Crippen molar-refractivity contribution in [3.8, 4) is 0 Å². The van der Waals surface area contributed by atoms with Gasteiger partial charge >= 0.3 is 11.9 Å². The van der Waals surface area contributed by atoms with Crippen LogP contribution >= 0.6 is 11.8 Å². The van der Waals surface area contributed by atoms with Crippen LogP contribution in [0.5, 0.6) is 0 Å². The highest BCUT2D eigenvalue weighted by atomic mass is 32.2. The van der Waals surface area contributed by atoms with Crippen LogP contribution in [0.25, 0.3) is 0 Å². The number of halogens is 3. The normalized spacial score (nSPS) is 46.9. The Hall–Kier alpha value is -2.44. The zero-order valence-corrected chi connectivity index (χ0v) is 21.6. The number of alkyl halides is 3. The Morgan fingerprint density at radius 2 is 1.76 bits per heavy atom. The molecule has 5 aliphatic rings. The lowest BCUT2D eigenvalue weighted by Gasteiger charge is -2.63. The first kappa shape index (κ1) is 27.1. The molecule has 0 aromatic rings. The molecule has 206 valence electrons. The van der Waals surface area contributed by atoms with E-state index in [1.165, 1.54) is 13.8 Å². The second kappa shape index (κ2) is 8.53. The number of aliphatic hydroxyl groups excluding tert-OH is 1. The number of ketones is 1. The fourth-order valence-corrected chi connectivity index (χ4v) is 8.67. The Bertz CT molecular complexity index is 1250. The number of esters is 2. The van der Waals surface area contributed by atoms with E-state index in [4.69, 9.17) is 9.47 Å². The van der Waals surface area contributed by atoms with E-state index < -0.39 is 105 Å². The Kier molecular flexibility index (Phi) is 6.09. The molecule has 3 saturated carbocycles. The highest BCUT2D eigenvalue weighted by Crippen LogP contribution is 2.72. The highest BCUT2D eigenvalue weighted by Gasteiger charge is 2.78. The Labute approximate surface area is 220 Å². The maximum atomic E-state index is 17.8. The average Bonchev–Trinajstić information content (AvgIpc) is 3.04. The molecule has 1 aliphatic heterocycles. The van der Waals surface area contributed by atoms with Crippen molar-refractivity contribution in [3.05, 3.63) is 35.3 Å². The van der Waals surface area contributed by atoms with Crippen molar-refractivity contribution in [3.63, 3.8) is 0 Å². The molecule has 0 spiro atoms. The number of hydrogen-bond acceptors (Lipinski definition) is 9. The van der Waals surface area contributed by atoms with E-state index in [0.717, 1.165) is 18.2 Å². The van der Waals surface area contributed by atoms with Crippen LogP contribution in [0.15, 0.2) is 35.3 Å². The molecule has 0 aromatic heterocycles. The minimum absolute atomic E-state index is 0.0683. The summed E-state index contributed by atoms with van der Waals surface area (Å²) in [4.78, 5) is 50.4. The van der Waals surface area contributed by atoms with Crippen LogP contribution in [0.4, 0.5) is 13.2 Å². The molecular weight excluding hydrogens is 529 g/mol. The highest BCUT2D eigenvalue weighted by molar-refractivity contribution is 8.13. The van der Waals surface area contributed by atoms with Gasteiger partial charge in [-0.2, -0.15) is 0 Å². The van der Waals surface area contributed by atoms with E-state index in [9.17, 15) is 33.8 Å². The molecule has 8 nitrogen and oxygen atoms in total. The predicted molar refractivity (Wildman–Crippen MR) is 126 cm³/mol. The first-order valence-electron chi connectivity index (χ1n) is 12.3. The average molecular weight is 557 g/mol. The number of ether oxygens (including phenoxy) is 2. The molecule has 0 aromatic carbocycles. The van der Waals surface area contributed by atoms with E-state index in [1.54, 1.807) is 6.92 Å². The van der Waals surface area contributed by atoms with Gasteiger partial charge in [0.1, 0.15) is 17.8 Å². The van der Waals surface area contributed by atoms with E-state index in [0.29, 0.717) is 0 Å². The van der Waals surface area contributed by atoms with Crippen LogP contribution in [-0.2, 0) is 28.7 Å². The maximum absolute atomic E-state index is 17.8. The van der Waals surface area contributed by atoms with Gasteiger partial charge in [-0.3, -0.25) is 9.59 Å². The third kappa shape index (κ3) is 3.13. The predicted octanol–water partition coefficient (Wildman–Crippen LogP) is 2.78. The first-order chi connectivity index (χ1) is 17.7.